The first-order valence-corrected chi connectivity index (χ1v) is 9.18. The van der Waals surface area contributed by atoms with Crippen LogP contribution >= 0.6 is 22.7 Å². The molecule has 2 N–H and O–H groups in total. The maximum Gasteiger partial charge on any atom is 0.321 e. The van der Waals surface area contributed by atoms with E-state index in [0.717, 1.165) is 13.0 Å². The molecule has 1 fully saturated rings. The van der Waals surface area contributed by atoms with Gasteiger partial charge in [-0.05, 0) is 43.8 Å². The van der Waals surface area contributed by atoms with Crippen LogP contribution in [-0.2, 0) is 0 Å². The lowest BCUT2D eigenvalue weighted by Crippen LogP contribution is -2.42. The van der Waals surface area contributed by atoms with Crippen LogP contribution in [0.4, 0.5) is 9.93 Å². The largest absolute Gasteiger partial charge is 0.337 e. The van der Waals surface area contributed by atoms with Crippen LogP contribution in [0.25, 0.3) is 0 Å². The van der Waals surface area contributed by atoms with Crippen LogP contribution < -0.4 is 10.6 Å². The molecule has 3 heterocycles. The molecule has 1 aliphatic rings. The summed E-state index contributed by atoms with van der Waals surface area (Å²) in [6.45, 7) is 1.80. The van der Waals surface area contributed by atoms with Gasteiger partial charge in [0, 0.05) is 29.0 Å². The van der Waals surface area contributed by atoms with Gasteiger partial charge in [0.25, 0.3) is 0 Å². The number of amides is 2. The Morgan fingerprint density at radius 2 is 2.36 bits per heavy atom. The monoisotopic (exact) mass is 336 g/mol. The van der Waals surface area contributed by atoms with Crippen molar-refractivity contribution < 1.29 is 4.79 Å². The average Bonchev–Trinajstić information content (AvgIpc) is 3.18. The number of carbonyl (C=O) groups excluding carboxylic acids is 1. The minimum absolute atomic E-state index is 0.173. The molecule has 5 nitrogen and oxygen atoms in total. The van der Waals surface area contributed by atoms with E-state index in [0.29, 0.717) is 23.6 Å². The van der Waals surface area contributed by atoms with Crippen molar-refractivity contribution in [3.8, 4) is 0 Å². The third-order valence-corrected chi connectivity index (χ3v) is 5.65. The Kier molecular flexibility index (Phi) is 5.07. The normalized spacial score (nSPS) is 22.4. The molecular weight excluding hydrogens is 316 g/mol. The van der Waals surface area contributed by atoms with Crippen molar-refractivity contribution >= 4 is 33.8 Å². The summed E-state index contributed by atoms with van der Waals surface area (Å²) in [4.78, 5) is 19.8. The lowest BCUT2D eigenvalue weighted by molar-refractivity contribution is 0.123. The van der Waals surface area contributed by atoms with E-state index in [1.54, 1.807) is 17.5 Å². The molecule has 22 heavy (non-hydrogen) atoms. The first-order valence-electron chi connectivity index (χ1n) is 7.42. The number of urea groups is 1. The van der Waals surface area contributed by atoms with Gasteiger partial charge in [0.05, 0.1) is 0 Å². The van der Waals surface area contributed by atoms with Crippen LogP contribution in [0.3, 0.4) is 0 Å². The molecule has 118 valence electrons. The highest BCUT2D eigenvalue weighted by atomic mass is 32.1. The lowest BCUT2D eigenvalue weighted by Gasteiger charge is -2.38. The number of hydrogen-bond donors (Lipinski definition) is 2. The summed E-state index contributed by atoms with van der Waals surface area (Å²) >= 11 is 3.22. The van der Waals surface area contributed by atoms with E-state index in [2.05, 4.69) is 45.1 Å². The number of thiophene rings is 1. The van der Waals surface area contributed by atoms with Crippen molar-refractivity contribution in [2.75, 3.05) is 25.5 Å². The molecule has 2 atom stereocenters. The Morgan fingerprint density at radius 1 is 1.45 bits per heavy atom. The van der Waals surface area contributed by atoms with Crippen molar-refractivity contribution in [3.63, 3.8) is 0 Å². The lowest BCUT2D eigenvalue weighted by atomic mass is 9.88. The van der Waals surface area contributed by atoms with Crippen LogP contribution in [0, 0.1) is 5.92 Å². The van der Waals surface area contributed by atoms with Gasteiger partial charge in [-0.3, -0.25) is 10.2 Å². The Morgan fingerprint density at radius 3 is 3.09 bits per heavy atom. The minimum atomic E-state index is -0.173. The first kappa shape index (κ1) is 15.5. The summed E-state index contributed by atoms with van der Waals surface area (Å²) < 4.78 is 0. The fourth-order valence-electron chi connectivity index (χ4n) is 3.03. The van der Waals surface area contributed by atoms with Crippen molar-refractivity contribution in [3.05, 3.63) is 34.0 Å². The van der Waals surface area contributed by atoms with Gasteiger partial charge in [0.1, 0.15) is 0 Å². The summed E-state index contributed by atoms with van der Waals surface area (Å²) in [5.74, 6) is 0.444. The molecule has 3 rings (SSSR count). The van der Waals surface area contributed by atoms with Gasteiger partial charge in [0.15, 0.2) is 5.13 Å². The van der Waals surface area contributed by atoms with E-state index < -0.39 is 0 Å². The van der Waals surface area contributed by atoms with Crippen molar-refractivity contribution in [2.45, 2.75) is 18.9 Å². The fraction of sp³-hybridized carbons (Fsp3) is 0.467. The van der Waals surface area contributed by atoms with Crippen molar-refractivity contribution in [2.24, 2.45) is 5.92 Å². The molecule has 0 unspecified atom stereocenters. The number of nitrogens with one attached hydrogen (secondary N) is 2. The quantitative estimate of drug-likeness (QED) is 0.899. The average molecular weight is 336 g/mol. The van der Waals surface area contributed by atoms with E-state index in [4.69, 9.17) is 0 Å². The Balaban J connectivity index is 1.58. The predicted molar refractivity (Wildman–Crippen MR) is 91.5 cm³/mol. The molecule has 0 saturated carbocycles. The second kappa shape index (κ2) is 7.21. The molecule has 0 aliphatic carbocycles. The Bertz CT molecular complexity index is 585. The Hall–Kier alpha value is -1.44. The zero-order chi connectivity index (χ0) is 15.4. The van der Waals surface area contributed by atoms with E-state index in [1.807, 2.05) is 5.38 Å². The third-order valence-electron chi connectivity index (χ3n) is 4.02. The molecular formula is C15H20N4OS2. The minimum Gasteiger partial charge on any atom is -0.337 e. The maximum atomic E-state index is 12.0. The van der Waals surface area contributed by atoms with Crippen LogP contribution in [-0.4, -0.2) is 36.1 Å². The molecule has 0 radical (unpaired) electrons. The molecule has 1 saturated heterocycles. The zero-order valence-electron chi connectivity index (χ0n) is 12.5. The summed E-state index contributed by atoms with van der Waals surface area (Å²) in [7, 11) is 2.17. The maximum absolute atomic E-state index is 12.0. The second-order valence-corrected chi connectivity index (χ2v) is 7.39. The summed E-state index contributed by atoms with van der Waals surface area (Å²) in [6.07, 6.45) is 4.01. The fourth-order valence-corrected chi connectivity index (χ4v) is 4.54. The number of likely N-dealkylation sites (tertiary alicyclic amines) is 1. The predicted octanol–water partition coefficient (Wildman–Crippen LogP) is 3.41. The van der Waals surface area contributed by atoms with Crippen molar-refractivity contribution in [1.29, 1.82) is 0 Å². The zero-order valence-corrected chi connectivity index (χ0v) is 14.1. The van der Waals surface area contributed by atoms with E-state index >= 15 is 0 Å². The summed E-state index contributed by atoms with van der Waals surface area (Å²) in [6, 6.07) is 4.52. The van der Waals surface area contributed by atoms with Crippen LogP contribution in [0.15, 0.2) is 29.1 Å². The number of aromatic nitrogens is 1. The smallest absolute Gasteiger partial charge is 0.321 e. The number of thiazole rings is 1. The third kappa shape index (κ3) is 3.66. The highest BCUT2D eigenvalue weighted by Crippen LogP contribution is 2.36. The molecule has 2 aromatic heterocycles. The molecule has 0 spiro atoms. The number of carbonyl (C=O) groups is 1. The van der Waals surface area contributed by atoms with Crippen LogP contribution in [0.5, 0.6) is 0 Å². The number of anilines is 1. The highest BCUT2D eigenvalue weighted by Gasteiger charge is 2.31. The summed E-state index contributed by atoms with van der Waals surface area (Å²) in [5.41, 5.74) is 0. The number of hydrogen-bond acceptors (Lipinski definition) is 5. The standard InChI is InChI=1S/C15H20N4OS2/c1-19-7-2-4-11(13(19)12-5-3-8-21-12)10-17-14(20)18-15-16-6-9-22-15/h3,5-6,8-9,11,13H,2,4,7,10H2,1H3,(H2,16,17,18,20)/t11-,13+/m0/s1. The van der Waals surface area contributed by atoms with Crippen molar-refractivity contribution in [1.82, 2.24) is 15.2 Å². The van der Waals surface area contributed by atoms with E-state index in [9.17, 15) is 4.79 Å². The number of rotatable bonds is 4. The van der Waals surface area contributed by atoms with Gasteiger partial charge in [-0.2, -0.15) is 0 Å². The number of nitrogens with zero attached hydrogens (tertiary/aromatic N) is 2. The molecule has 2 amide bonds. The van der Waals surface area contributed by atoms with Gasteiger partial charge in [-0.15, -0.1) is 22.7 Å². The van der Waals surface area contributed by atoms with Gasteiger partial charge in [0.2, 0.25) is 0 Å². The first-order chi connectivity index (χ1) is 10.7. The van der Waals surface area contributed by atoms with Gasteiger partial charge in [-0.1, -0.05) is 6.07 Å². The second-order valence-electron chi connectivity index (χ2n) is 5.52. The SMILES string of the molecule is CN1CCC[C@@H](CNC(=O)Nc2nccs2)[C@@H]1c1cccs1. The molecule has 0 bridgehead atoms. The van der Waals surface area contributed by atoms with Gasteiger partial charge in [-0.25, -0.2) is 9.78 Å². The molecule has 1 aliphatic heterocycles. The molecule has 7 heteroatoms. The molecule has 0 aromatic carbocycles. The number of piperidine rings is 1. The van der Waals surface area contributed by atoms with Crippen LogP contribution in [0.1, 0.15) is 23.8 Å². The van der Waals surface area contributed by atoms with Gasteiger partial charge < -0.3 is 5.32 Å². The van der Waals surface area contributed by atoms with E-state index in [1.165, 1.54) is 22.6 Å². The van der Waals surface area contributed by atoms with Gasteiger partial charge >= 0.3 is 6.03 Å². The van der Waals surface area contributed by atoms with Crippen LogP contribution in [0.2, 0.25) is 0 Å². The molecule has 2 aromatic rings. The topological polar surface area (TPSA) is 57.3 Å². The summed E-state index contributed by atoms with van der Waals surface area (Å²) in [5, 5.41) is 10.4. The Labute approximate surface area is 138 Å². The van der Waals surface area contributed by atoms with E-state index in [-0.39, 0.29) is 6.03 Å². The highest BCUT2D eigenvalue weighted by molar-refractivity contribution is 7.13.